The zero-order valence-electron chi connectivity index (χ0n) is 12.4. The van der Waals surface area contributed by atoms with E-state index in [0.29, 0.717) is 0 Å². The Morgan fingerprint density at radius 2 is 1.79 bits per heavy atom. The normalized spacial score (nSPS) is 23.0. The van der Waals surface area contributed by atoms with Gasteiger partial charge in [-0.3, -0.25) is 0 Å². The van der Waals surface area contributed by atoms with E-state index in [9.17, 15) is 0 Å². The molecule has 0 aliphatic carbocycles. The van der Waals surface area contributed by atoms with Gasteiger partial charge in [-0.1, -0.05) is 26.0 Å². The third-order valence-corrected chi connectivity index (χ3v) is 4.10. The van der Waals surface area contributed by atoms with Crippen LogP contribution in [0.2, 0.25) is 0 Å². The molecule has 1 aliphatic heterocycles. The van der Waals surface area contributed by atoms with Crippen molar-refractivity contribution in [2.45, 2.75) is 20.4 Å². The molecule has 0 aromatic heterocycles. The van der Waals surface area contributed by atoms with Crippen LogP contribution < -0.4 is 10.2 Å². The van der Waals surface area contributed by atoms with E-state index in [4.69, 9.17) is 4.74 Å². The van der Waals surface area contributed by atoms with Gasteiger partial charge in [0.2, 0.25) is 0 Å². The lowest BCUT2D eigenvalue weighted by atomic mass is 10.0. The average Bonchev–Trinajstić information content (AvgIpc) is 2.76. The number of nitrogens with one attached hydrogen (secondary N) is 1. The highest BCUT2D eigenvalue weighted by Crippen LogP contribution is 2.27. The molecule has 0 spiro atoms. The summed E-state index contributed by atoms with van der Waals surface area (Å²) in [6.45, 7) is 9.65. The Morgan fingerprint density at radius 1 is 1.16 bits per heavy atom. The largest absolute Gasteiger partial charge is 0.383 e. The van der Waals surface area contributed by atoms with Crippen LogP contribution in [-0.4, -0.2) is 33.4 Å². The second kappa shape index (κ2) is 6.92. The first-order valence-corrected chi connectivity index (χ1v) is 7.24. The zero-order valence-corrected chi connectivity index (χ0v) is 12.4. The first kappa shape index (κ1) is 14.4. The smallest absolute Gasteiger partial charge is 0.0587 e. The summed E-state index contributed by atoms with van der Waals surface area (Å²) in [5.41, 5.74) is 2.69. The van der Waals surface area contributed by atoms with Crippen LogP contribution in [0.25, 0.3) is 0 Å². The summed E-state index contributed by atoms with van der Waals surface area (Å²) in [4.78, 5) is 2.50. The van der Waals surface area contributed by atoms with Crippen molar-refractivity contribution in [2.24, 2.45) is 11.8 Å². The van der Waals surface area contributed by atoms with Gasteiger partial charge >= 0.3 is 0 Å². The summed E-state index contributed by atoms with van der Waals surface area (Å²) >= 11 is 0. The molecule has 1 aromatic rings. The number of methoxy groups -OCH3 is 1. The predicted molar refractivity (Wildman–Crippen MR) is 80.6 cm³/mol. The summed E-state index contributed by atoms with van der Waals surface area (Å²) in [5.74, 6) is 1.60. The summed E-state index contributed by atoms with van der Waals surface area (Å²) in [5, 5.41) is 3.37. The Balaban J connectivity index is 1.85. The molecular formula is C16H26N2O. The first-order chi connectivity index (χ1) is 9.20. The lowest BCUT2D eigenvalue weighted by Crippen LogP contribution is -2.20. The summed E-state index contributed by atoms with van der Waals surface area (Å²) in [6.07, 6.45) is 0. The van der Waals surface area contributed by atoms with E-state index in [1.807, 2.05) is 0 Å². The molecule has 1 aromatic carbocycles. The second-order valence-electron chi connectivity index (χ2n) is 5.70. The number of hydrogen-bond donors (Lipinski definition) is 1. The van der Waals surface area contributed by atoms with Gasteiger partial charge < -0.3 is 15.0 Å². The van der Waals surface area contributed by atoms with Crippen LogP contribution in [0.1, 0.15) is 19.4 Å². The number of hydrogen-bond acceptors (Lipinski definition) is 3. The molecule has 0 saturated carbocycles. The Bertz CT molecular complexity index is 367. The highest BCUT2D eigenvalue weighted by molar-refractivity contribution is 5.48. The van der Waals surface area contributed by atoms with Gasteiger partial charge in [0, 0.05) is 39.0 Å². The molecule has 1 aliphatic rings. The van der Waals surface area contributed by atoms with E-state index < -0.39 is 0 Å². The highest BCUT2D eigenvalue weighted by Gasteiger charge is 2.25. The SMILES string of the molecule is COCCNCc1ccc(N2CC(C)C(C)C2)cc1. The van der Waals surface area contributed by atoms with E-state index in [1.165, 1.54) is 24.3 Å². The Kier molecular flexibility index (Phi) is 5.23. The van der Waals surface area contributed by atoms with Gasteiger partial charge in [0.15, 0.2) is 0 Å². The minimum atomic E-state index is 0.766. The monoisotopic (exact) mass is 262 g/mol. The summed E-state index contributed by atoms with van der Waals surface area (Å²) in [7, 11) is 1.73. The first-order valence-electron chi connectivity index (χ1n) is 7.24. The fourth-order valence-electron chi connectivity index (χ4n) is 2.57. The maximum Gasteiger partial charge on any atom is 0.0587 e. The number of ether oxygens (including phenoxy) is 1. The van der Waals surface area contributed by atoms with Crippen molar-refractivity contribution in [1.29, 1.82) is 0 Å². The van der Waals surface area contributed by atoms with Gasteiger partial charge in [-0.2, -0.15) is 0 Å². The lowest BCUT2D eigenvalue weighted by molar-refractivity contribution is 0.199. The zero-order chi connectivity index (χ0) is 13.7. The fraction of sp³-hybridized carbons (Fsp3) is 0.625. The third kappa shape index (κ3) is 3.95. The van der Waals surface area contributed by atoms with Crippen molar-refractivity contribution in [3.8, 4) is 0 Å². The van der Waals surface area contributed by atoms with E-state index in [1.54, 1.807) is 7.11 Å². The fourth-order valence-corrected chi connectivity index (χ4v) is 2.57. The van der Waals surface area contributed by atoms with Crippen LogP contribution >= 0.6 is 0 Å². The maximum absolute atomic E-state index is 5.02. The molecule has 3 heteroatoms. The van der Waals surface area contributed by atoms with Gasteiger partial charge in [0.25, 0.3) is 0 Å². The molecule has 19 heavy (non-hydrogen) atoms. The van der Waals surface area contributed by atoms with Crippen LogP contribution in [0.3, 0.4) is 0 Å². The molecule has 2 rings (SSSR count). The van der Waals surface area contributed by atoms with Gasteiger partial charge in [-0.15, -0.1) is 0 Å². The Hall–Kier alpha value is -1.06. The molecule has 3 nitrogen and oxygen atoms in total. The minimum Gasteiger partial charge on any atom is -0.383 e. The molecular weight excluding hydrogens is 236 g/mol. The van der Waals surface area contributed by atoms with Gasteiger partial charge in [0.1, 0.15) is 0 Å². The quantitative estimate of drug-likeness (QED) is 0.797. The molecule has 1 heterocycles. The van der Waals surface area contributed by atoms with Crippen molar-refractivity contribution in [2.75, 3.05) is 38.3 Å². The molecule has 1 fully saturated rings. The van der Waals surface area contributed by atoms with Crippen molar-refractivity contribution in [1.82, 2.24) is 5.32 Å². The molecule has 106 valence electrons. The van der Waals surface area contributed by atoms with Crippen LogP contribution in [0.4, 0.5) is 5.69 Å². The molecule has 1 saturated heterocycles. The van der Waals surface area contributed by atoms with Crippen LogP contribution in [0.15, 0.2) is 24.3 Å². The Morgan fingerprint density at radius 3 is 2.37 bits per heavy atom. The van der Waals surface area contributed by atoms with Crippen molar-refractivity contribution in [3.05, 3.63) is 29.8 Å². The van der Waals surface area contributed by atoms with Crippen LogP contribution in [-0.2, 0) is 11.3 Å². The van der Waals surface area contributed by atoms with E-state index in [-0.39, 0.29) is 0 Å². The number of benzene rings is 1. The standard InChI is InChI=1S/C16H26N2O/c1-13-11-18(12-14(13)2)16-6-4-15(5-7-16)10-17-8-9-19-3/h4-7,13-14,17H,8-12H2,1-3H3. The van der Waals surface area contributed by atoms with Gasteiger partial charge in [0.05, 0.1) is 6.61 Å². The number of anilines is 1. The molecule has 0 amide bonds. The Labute approximate surface area is 116 Å². The average molecular weight is 262 g/mol. The summed E-state index contributed by atoms with van der Waals surface area (Å²) in [6, 6.07) is 8.95. The predicted octanol–water partition coefficient (Wildman–Crippen LogP) is 2.51. The van der Waals surface area contributed by atoms with E-state index >= 15 is 0 Å². The van der Waals surface area contributed by atoms with Crippen LogP contribution in [0, 0.1) is 11.8 Å². The minimum absolute atomic E-state index is 0.766. The summed E-state index contributed by atoms with van der Waals surface area (Å²) < 4.78 is 5.02. The van der Waals surface area contributed by atoms with E-state index in [0.717, 1.165) is 31.5 Å². The van der Waals surface area contributed by atoms with E-state index in [2.05, 4.69) is 48.3 Å². The molecule has 2 atom stereocenters. The number of nitrogens with zero attached hydrogens (tertiary/aromatic N) is 1. The second-order valence-corrected chi connectivity index (χ2v) is 5.70. The van der Waals surface area contributed by atoms with Gasteiger partial charge in [-0.25, -0.2) is 0 Å². The molecule has 1 N–H and O–H groups in total. The van der Waals surface area contributed by atoms with Crippen molar-refractivity contribution in [3.63, 3.8) is 0 Å². The van der Waals surface area contributed by atoms with Crippen molar-refractivity contribution < 1.29 is 4.74 Å². The van der Waals surface area contributed by atoms with Gasteiger partial charge in [-0.05, 0) is 29.5 Å². The topological polar surface area (TPSA) is 24.5 Å². The highest BCUT2D eigenvalue weighted by atomic mass is 16.5. The lowest BCUT2D eigenvalue weighted by Gasteiger charge is -2.18. The molecule has 0 bridgehead atoms. The van der Waals surface area contributed by atoms with Crippen molar-refractivity contribution >= 4 is 5.69 Å². The number of rotatable bonds is 6. The molecule has 0 radical (unpaired) electrons. The maximum atomic E-state index is 5.02. The third-order valence-electron chi connectivity index (χ3n) is 4.10. The van der Waals surface area contributed by atoms with Crippen LogP contribution in [0.5, 0.6) is 0 Å². The molecule has 2 unspecified atom stereocenters.